The molecule has 2 rings (SSSR count). The molecule has 1 aliphatic rings. The predicted octanol–water partition coefficient (Wildman–Crippen LogP) is 2.40. The Balaban J connectivity index is 1.87. The summed E-state index contributed by atoms with van der Waals surface area (Å²) in [6, 6.07) is 0. The Hall–Kier alpha value is -0.830. The highest BCUT2D eigenvalue weighted by Gasteiger charge is 2.16. The number of hydrogen-bond acceptors (Lipinski definition) is 2. The molecule has 3 nitrogen and oxygen atoms in total. The summed E-state index contributed by atoms with van der Waals surface area (Å²) in [5, 5.41) is 3.49. The van der Waals surface area contributed by atoms with E-state index in [2.05, 4.69) is 28.7 Å². The topological polar surface area (TPSA) is 29.9 Å². The quantitative estimate of drug-likeness (QED) is 0.767. The first kappa shape index (κ1) is 12.6. The number of fused-ring (bicyclic) bond motifs is 1. The van der Waals surface area contributed by atoms with Crippen LogP contribution in [0.5, 0.6) is 0 Å². The molecule has 1 aromatic heterocycles. The van der Waals surface area contributed by atoms with Crippen LogP contribution in [0.25, 0.3) is 0 Å². The lowest BCUT2D eigenvalue weighted by atomic mass is 10.0. The number of aryl methyl sites for hydroxylation is 1. The van der Waals surface area contributed by atoms with Crippen LogP contribution in [0, 0.1) is 5.92 Å². The standard InChI is InChI=1S/C14H25N3/c1-3-8-15-9-12(2)10-17-11-16-13-6-4-5-7-14(13)17/h11-12,15H,3-10H2,1-2H3. The molecular formula is C14H25N3. The Morgan fingerprint density at radius 3 is 3.06 bits per heavy atom. The van der Waals surface area contributed by atoms with Crippen LogP contribution in [0.15, 0.2) is 6.33 Å². The van der Waals surface area contributed by atoms with Crippen LogP contribution in [-0.4, -0.2) is 22.6 Å². The van der Waals surface area contributed by atoms with Crippen LogP contribution < -0.4 is 5.32 Å². The maximum atomic E-state index is 4.55. The van der Waals surface area contributed by atoms with Gasteiger partial charge in [-0.15, -0.1) is 0 Å². The molecule has 0 radical (unpaired) electrons. The van der Waals surface area contributed by atoms with E-state index < -0.39 is 0 Å². The molecule has 0 spiro atoms. The van der Waals surface area contributed by atoms with E-state index in [0.717, 1.165) is 19.6 Å². The first-order valence-electron chi connectivity index (χ1n) is 7.05. The van der Waals surface area contributed by atoms with Gasteiger partial charge in [-0.1, -0.05) is 13.8 Å². The van der Waals surface area contributed by atoms with Crippen molar-refractivity contribution in [1.29, 1.82) is 0 Å². The minimum absolute atomic E-state index is 0.682. The molecule has 0 aromatic carbocycles. The van der Waals surface area contributed by atoms with E-state index in [1.807, 2.05) is 6.33 Å². The third kappa shape index (κ3) is 3.32. The predicted molar refractivity (Wildman–Crippen MR) is 71.2 cm³/mol. The second-order valence-electron chi connectivity index (χ2n) is 5.31. The zero-order chi connectivity index (χ0) is 12.1. The molecule has 0 amide bonds. The Bertz CT molecular complexity index is 343. The van der Waals surface area contributed by atoms with E-state index in [-0.39, 0.29) is 0 Å². The minimum atomic E-state index is 0.682. The summed E-state index contributed by atoms with van der Waals surface area (Å²) >= 11 is 0. The van der Waals surface area contributed by atoms with Crippen molar-refractivity contribution in [3.8, 4) is 0 Å². The highest BCUT2D eigenvalue weighted by molar-refractivity contribution is 5.16. The second-order valence-corrected chi connectivity index (χ2v) is 5.31. The van der Waals surface area contributed by atoms with Crippen molar-refractivity contribution < 1.29 is 0 Å². The fourth-order valence-corrected chi connectivity index (χ4v) is 2.61. The first-order valence-corrected chi connectivity index (χ1v) is 7.05. The zero-order valence-corrected chi connectivity index (χ0v) is 11.2. The fraction of sp³-hybridized carbons (Fsp3) is 0.786. The van der Waals surface area contributed by atoms with Crippen LogP contribution >= 0.6 is 0 Å². The van der Waals surface area contributed by atoms with E-state index in [1.165, 1.54) is 43.5 Å². The van der Waals surface area contributed by atoms with Gasteiger partial charge in [-0.3, -0.25) is 0 Å². The van der Waals surface area contributed by atoms with Crippen LogP contribution in [0.3, 0.4) is 0 Å². The van der Waals surface area contributed by atoms with E-state index in [9.17, 15) is 0 Å². The first-order chi connectivity index (χ1) is 8.31. The van der Waals surface area contributed by atoms with Crippen molar-refractivity contribution in [3.63, 3.8) is 0 Å². The number of rotatable bonds is 6. The number of hydrogen-bond donors (Lipinski definition) is 1. The van der Waals surface area contributed by atoms with Gasteiger partial charge in [0.2, 0.25) is 0 Å². The van der Waals surface area contributed by atoms with Crippen LogP contribution in [-0.2, 0) is 19.4 Å². The summed E-state index contributed by atoms with van der Waals surface area (Å²) in [7, 11) is 0. The van der Waals surface area contributed by atoms with Crippen molar-refractivity contribution in [2.24, 2.45) is 5.92 Å². The van der Waals surface area contributed by atoms with Gasteiger partial charge in [0.05, 0.1) is 12.0 Å². The third-order valence-electron chi connectivity index (χ3n) is 3.54. The van der Waals surface area contributed by atoms with E-state index >= 15 is 0 Å². The summed E-state index contributed by atoms with van der Waals surface area (Å²) in [6.07, 6.45) is 8.33. The summed E-state index contributed by atoms with van der Waals surface area (Å²) < 4.78 is 2.38. The molecule has 1 unspecified atom stereocenters. The molecule has 1 aromatic rings. The highest BCUT2D eigenvalue weighted by Crippen LogP contribution is 2.20. The zero-order valence-electron chi connectivity index (χ0n) is 11.2. The smallest absolute Gasteiger partial charge is 0.0951 e. The number of nitrogens with one attached hydrogen (secondary N) is 1. The summed E-state index contributed by atoms with van der Waals surface area (Å²) in [5.74, 6) is 0.682. The second kappa shape index (κ2) is 6.20. The molecule has 1 heterocycles. The number of nitrogens with zero attached hydrogens (tertiary/aromatic N) is 2. The molecule has 0 aliphatic heterocycles. The molecular weight excluding hydrogens is 210 g/mol. The Morgan fingerprint density at radius 2 is 2.24 bits per heavy atom. The molecule has 0 saturated heterocycles. The van der Waals surface area contributed by atoms with Gasteiger partial charge < -0.3 is 9.88 Å². The highest BCUT2D eigenvalue weighted by atomic mass is 15.1. The van der Waals surface area contributed by atoms with Crippen molar-refractivity contribution in [3.05, 3.63) is 17.7 Å². The molecule has 0 fully saturated rings. The van der Waals surface area contributed by atoms with Crippen molar-refractivity contribution >= 4 is 0 Å². The van der Waals surface area contributed by atoms with Crippen molar-refractivity contribution in [1.82, 2.24) is 14.9 Å². The van der Waals surface area contributed by atoms with E-state index in [1.54, 1.807) is 0 Å². The van der Waals surface area contributed by atoms with Crippen LogP contribution in [0.2, 0.25) is 0 Å². The lowest BCUT2D eigenvalue weighted by Gasteiger charge is -2.17. The molecule has 1 atom stereocenters. The van der Waals surface area contributed by atoms with Crippen molar-refractivity contribution in [2.45, 2.75) is 52.5 Å². The normalized spacial score (nSPS) is 16.8. The summed E-state index contributed by atoms with van der Waals surface area (Å²) in [4.78, 5) is 4.55. The van der Waals surface area contributed by atoms with Crippen molar-refractivity contribution in [2.75, 3.05) is 13.1 Å². The van der Waals surface area contributed by atoms with Gasteiger partial charge >= 0.3 is 0 Å². The fourth-order valence-electron chi connectivity index (χ4n) is 2.61. The number of imidazole rings is 1. The lowest BCUT2D eigenvalue weighted by molar-refractivity contribution is 0.435. The van der Waals surface area contributed by atoms with Gasteiger partial charge in [0.15, 0.2) is 0 Å². The maximum absolute atomic E-state index is 4.55. The molecule has 1 aliphatic carbocycles. The molecule has 0 saturated carbocycles. The minimum Gasteiger partial charge on any atom is -0.334 e. The molecule has 17 heavy (non-hydrogen) atoms. The van der Waals surface area contributed by atoms with Crippen LogP contribution in [0.1, 0.15) is 44.5 Å². The number of aromatic nitrogens is 2. The Kier molecular flexibility index (Phi) is 4.60. The Labute approximate surface area is 105 Å². The van der Waals surface area contributed by atoms with Gasteiger partial charge in [0, 0.05) is 12.2 Å². The van der Waals surface area contributed by atoms with E-state index in [4.69, 9.17) is 0 Å². The van der Waals surface area contributed by atoms with Crippen LogP contribution in [0.4, 0.5) is 0 Å². The van der Waals surface area contributed by atoms with E-state index in [0.29, 0.717) is 5.92 Å². The van der Waals surface area contributed by atoms with Gasteiger partial charge in [0.25, 0.3) is 0 Å². The monoisotopic (exact) mass is 235 g/mol. The molecule has 1 N–H and O–H groups in total. The average molecular weight is 235 g/mol. The lowest BCUT2D eigenvalue weighted by Crippen LogP contribution is -2.25. The van der Waals surface area contributed by atoms with Gasteiger partial charge in [-0.25, -0.2) is 4.98 Å². The van der Waals surface area contributed by atoms with Gasteiger partial charge in [0.1, 0.15) is 0 Å². The van der Waals surface area contributed by atoms with Gasteiger partial charge in [-0.05, 0) is 51.1 Å². The SMILES string of the molecule is CCCNCC(C)Cn1cnc2c1CCCC2. The molecule has 96 valence electrons. The Morgan fingerprint density at radius 1 is 1.41 bits per heavy atom. The molecule has 0 bridgehead atoms. The van der Waals surface area contributed by atoms with Gasteiger partial charge in [-0.2, -0.15) is 0 Å². The largest absolute Gasteiger partial charge is 0.334 e. The maximum Gasteiger partial charge on any atom is 0.0951 e. The summed E-state index contributed by atoms with van der Waals surface area (Å²) in [5.41, 5.74) is 2.85. The summed E-state index contributed by atoms with van der Waals surface area (Å²) in [6.45, 7) is 7.88. The molecule has 3 heteroatoms. The average Bonchev–Trinajstić information content (AvgIpc) is 2.73. The third-order valence-corrected chi connectivity index (χ3v) is 3.54.